The van der Waals surface area contributed by atoms with Crippen molar-refractivity contribution in [1.29, 1.82) is 0 Å². The maximum absolute atomic E-state index is 11.3. The van der Waals surface area contributed by atoms with Crippen LogP contribution in [0.3, 0.4) is 0 Å². The minimum atomic E-state index is -0.436. The first-order valence-corrected chi connectivity index (χ1v) is 13.0. The molecule has 1 rings (SSSR count). The van der Waals surface area contributed by atoms with E-state index < -0.39 is 6.29 Å². The summed E-state index contributed by atoms with van der Waals surface area (Å²) in [6, 6.07) is 0. The highest BCUT2D eigenvalue weighted by molar-refractivity contribution is 5.66. The third-order valence-corrected chi connectivity index (χ3v) is 5.90. The summed E-state index contributed by atoms with van der Waals surface area (Å²) in [5, 5.41) is 0. The molecule has 0 aromatic carbocycles. The maximum atomic E-state index is 11.3. The minimum absolute atomic E-state index is 0.147. The molecule has 3 unspecified atom stereocenters. The average Bonchev–Trinajstić information content (AvgIpc) is 2.77. The molecular weight excluding hydrogens is 424 g/mol. The highest BCUT2D eigenvalue weighted by atomic mass is 16.7. The van der Waals surface area contributed by atoms with Gasteiger partial charge in [-0.3, -0.25) is 9.59 Å². The molecule has 192 valence electrons. The van der Waals surface area contributed by atoms with E-state index in [0.717, 1.165) is 32.0 Å². The molecule has 0 aromatic heterocycles. The highest BCUT2D eigenvalue weighted by Crippen LogP contribution is 2.24. The van der Waals surface area contributed by atoms with Crippen molar-refractivity contribution in [3.63, 3.8) is 0 Å². The summed E-state index contributed by atoms with van der Waals surface area (Å²) >= 11 is 0. The predicted molar refractivity (Wildman–Crippen MR) is 127 cm³/mol. The SMILES string of the molecule is CC(=O)OCC1CC(OC(C)=O)CC(OCCCCCCCCCCCCCCCC=O)O1. The van der Waals surface area contributed by atoms with Crippen LogP contribution in [0.4, 0.5) is 0 Å². The van der Waals surface area contributed by atoms with Gasteiger partial charge in [-0.05, 0) is 12.8 Å². The zero-order chi connectivity index (χ0) is 24.2. The molecule has 1 aliphatic heterocycles. The summed E-state index contributed by atoms with van der Waals surface area (Å²) in [6.07, 6.45) is 17.7. The Kier molecular flexibility index (Phi) is 17.9. The molecule has 1 fully saturated rings. The molecule has 0 aliphatic carbocycles. The van der Waals surface area contributed by atoms with E-state index in [1.807, 2.05) is 0 Å². The van der Waals surface area contributed by atoms with E-state index in [9.17, 15) is 14.4 Å². The molecule has 0 saturated carbocycles. The lowest BCUT2D eigenvalue weighted by Gasteiger charge is -2.34. The van der Waals surface area contributed by atoms with Gasteiger partial charge in [-0.15, -0.1) is 0 Å². The summed E-state index contributed by atoms with van der Waals surface area (Å²) in [5.74, 6) is -0.675. The fourth-order valence-corrected chi connectivity index (χ4v) is 4.17. The fraction of sp³-hybridized carbons (Fsp3) is 0.885. The third kappa shape index (κ3) is 17.6. The van der Waals surface area contributed by atoms with Crippen LogP contribution >= 0.6 is 0 Å². The van der Waals surface area contributed by atoms with Gasteiger partial charge in [0.25, 0.3) is 0 Å². The van der Waals surface area contributed by atoms with Crippen LogP contribution in [0.2, 0.25) is 0 Å². The largest absolute Gasteiger partial charge is 0.463 e. The Labute approximate surface area is 200 Å². The summed E-state index contributed by atoms with van der Waals surface area (Å²) in [6.45, 7) is 3.52. The molecule has 0 bridgehead atoms. The minimum Gasteiger partial charge on any atom is -0.463 e. The van der Waals surface area contributed by atoms with Gasteiger partial charge >= 0.3 is 11.9 Å². The van der Waals surface area contributed by atoms with Gasteiger partial charge < -0.3 is 23.7 Å². The first-order valence-electron chi connectivity index (χ1n) is 13.0. The van der Waals surface area contributed by atoms with Gasteiger partial charge in [0, 0.05) is 39.7 Å². The normalized spacial score (nSPS) is 20.4. The Hall–Kier alpha value is -1.47. The van der Waals surface area contributed by atoms with Crippen LogP contribution < -0.4 is 0 Å². The monoisotopic (exact) mass is 470 g/mol. The average molecular weight is 471 g/mol. The Bertz CT molecular complexity index is 523. The van der Waals surface area contributed by atoms with E-state index in [2.05, 4.69) is 0 Å². The van der Waals surface area contributed by atoms with Crippen molar-refractivity contribution in [2.75, 3.05) is 13.2 Å². The fourth-order valence-electron chi connectivity index (χ4n) is 4.17. The molecule has 0 amide bonds. The van der Waals surface area contributed by atoms with Crippen molar-refractivity contribution in [1.82, 2.24) is 0 Å². The van der Waals surface area contributed by atoms with E-state index >= 15 is 0 Å². The van der Waals surface area contributed by atoms with Crippen molar-refractivity contribution in [3.05, 3.63) is 0 Å². The number of ether oxygens (including phenoxy) is 4. The topological polar surface area (TPSA) is 88.1 Å². The zero-order valence-corrected chi connectivity index (χ0v) is 20.9. The number of unbranched alkanes of at least 4 members (excludes halogenated alkanes) is 13. The summed E-state index contributed by atoms with van der Waals surface area (Å²) in [4.78, 5) is 32.6. The molecule has 1 heterocycles. The Morgan fingerprint density at radius 2 is 1.33 bits per heavy atom. The van der Waals surface area contributed by atoms with E-state index in [-0.39, 0.29) is 30.8 Å². The predicted octanol–water partition coefficient (Wildman–Crippen LogP) is 5.66. The Morgan fingerprint density at radius 3 is 1.85 bits per heavy atom. The Balaban J connectivity index is 2.00. The second-order valence-corrected chi connectivity index (χ2v) is 9.12. The standard InChI is InChI=1S/C26H46O7/c1-22(28)31-21-25-19-24(32-23(2)29)20-26(33-25)30-18-16-14-12-10-8-6-4-3-5-7-9-11-13-15-17-27/h17,24-26H,3-16,18-21H2,1-2H3. The summed E-state index contributed by atoms with van der Waals surface area (Å²) in [5.41, 5.74) is 0. The maximum Gasteiger partial charge on any atom is 0.302 e. The second kappa shape index (κ2) is 20.0. The van der Waals surface area contributed by atoms with E-state index in [4.69, 9.17) is 18.9 Å². The molecule has 7 heteroatoms. The molecule has 0 aromatic rings. The molecule has 33 heavy (non-hydrogen) atoms. The lowest BCUT2D eigenvalue weighted by molar-refractivity contribution is -0.229. The van der Waals surface area contributed by atoms with Crippen LogP contribution in [0, 0.1) is 0 Å². The Morgan fingerprint density at radius 1 is 0.788 bits per heavy atom. The molecule has 1 aliphatic rings. The number of rotatable bonds is 20. The van der Waals surface area contributed by atoms with Crippen molar-refractivity contribution in [2.45, 2.75) is 135 Å². The van der Waals surface area contributed by atoms with Crippen LogP contribution in [-0.2, 0) is 33.3 Å². The van der Waals surface area contributed by atoms with Gasteiger partial charge in [0.05, 0.1) is 6.10 Å². The summed E-state index contributed by atoms with van der Waals surface area (Å²) < 4.78 is 22.1. The van der Waals surface area contributed by atoms with E-state index in [1.54, 1.807) is 0 Å². The first-order chi connectivity index (χ1) is 16.0. The van der Waals surface area contributed by atoms with Crippen LogP contribution in [0.1, 0.15) is 117 Å². The molecule has 0 radical (unpaired) electrons. The number of hydrogen-bond acceptors (Lipinski definition) is 7. The van der Waals surface area contributed by atoms with Crippen LogP contribution in [-0.4, -0.2) is 49.9 Å². The molecule has 7 nitrogen and oxygen atoms in total. The number of hydrogen-bond donors (Lipinski definition) is 0. The molecular formula is C26H46O7. The number of carbonyl (C=O) groups excluding carboxylic acids is 3. The van der Waals surface area contributed by atoms with Crippen LogP contribution in [0.5, 0.6) is 0 Å². The van der Waals surface area contributed by atoms with Crippen molar-refractivity contribution in [2.24, 2.45) is 0 Å². The summed E-state index contributed by atoms with van der Waals surface area (Å²) in [7, 11) is 0. The highest BCUT2D eigenvalue weighted by Gasteiger charge is 2.32. The molecule has 1 saturated heterocycles. The smallest absolute Gasteiger partial charge is 0.302 e. The lowest BCUT2D eigenvalue weighted by atomic mass is 10.0. The lowest BCUT2D eigenvalue weighted by Crippen LogP contribution is -2.41. The van der Waals surface area contributed by atoms with Gasteiger partial charge in [0.1, 0.15) is 19.0 Å². The molecule has 0 spiro atoms. The van der Waals surface area contributed by atoms with Gasteiger partial charge in [0.2, 0.25) is 0 Å². The van der Waals surface area contributed by atoms with Gasteiger partial charge in [-0.2, -0.15) is 0 Å². The molecule has 3 atom stereocenters. The third-order valence-electron chi connectivity index (χ3n) is 5.90. The van der Waals surface area contributed by atoms with E-state index in [1.165, 1.54) is 78.1 Å². The zero-order valence-electron chi connectivity index (χ0n) is 20.9. The van der Waals surface area contributed by atoms with Crippen molar-refractivity contribution < 1.29 is 33.3 Å². The number of esters is 2. The quantitative estimate of drug-likeness (QED) is 0.129. The van der Waals surface area contributed by atoms with Crippen LogP contribution in [0.25, 0.3) is 0 Å². The molecule has 0 N–H and O–H groups in total. The van der Waals surface area contributed by atoms with Gasteiger partial charge in [-0.1, -0.05) is 70.6 Å². The van der Waals surface area contributed by atoms with Crippen molar-refractivity contribution in [3.8, 4) is 0 Å². The van der Waals surface area contributed by atoms with Crippen LogP contribution in [0.15, 0.2) is 0 Å². The van der Waals surface area contributed by atoms with Crippen molar-refractivity contribution >= 4 is 18.2 Å². The van der Waals surface area contributed by atoms with E-state index in [0.29, 0.717) is 19.4 Å². The number of aldehydes is 1. The van der Waals surface area contributed by atoms with Gasteiger partial charge in [0.15, 0.2) is 6.29 Å². The number of carbonyl (C=O) groups is 3. The first kappa shape index (κ1) is 29.6. The van der Waals surface area contributed by atoms with Gasteiger partial charge in [-0.25, -0.2) is 0 Å². The second-order valence-electron chi connectivity index (χ2n) is 9.12.